The number of ether oxygens (including phenoxy) is 1. The molecule has 0 unspecified atom stereocenters. The van der Waals surface area contributed by atoms with Gasteiger partial charge in [0, 0.05) is 10.6 Å². The molecule has 2 aromatic rings. The van der Waals surface area contributed by atoms with Gasteiger partial charge in [-0.05, 0) is 24.3 Å². The molecule has 98 valence electrons. The average Bonchev–Trinajstić information content (AvgIpc) is 2.44. The van der Waals surface area contributed by atoms with E-state index >= 15 is 0 Å². The maximum Gasteiger partial charge on any atom is 0.186 e. The molecule has 1 aliphatic rings. The summed E-state index contributed by atoms with van der Waals surface area (Å²) >= 11 is 12.0. The highest BCUT2D eigenvalue weighted by molar-refractivity contribution is 7.90. The summed E-state index contributed by atoms with van der Waals surface area (Å²) in [7, 11) is -3.47. The summed E-state index contributed by atoms with van der Waals surface area (Å²) in [6.45, 7) is 0. The van der Waals surface area contributed by atoms with Crippen LogP contribution in [-0.4, -0.2) is 8.42 Å². The number of sulfone groups is 1. The molecule has 0 fully saturated rings. The Balaban J connectivity index is 2.31. The molecule has 0 spiro atoms. The van der Waals surface area contributed by atoms with Crippen molar-refractivity contribution in [1.82, 2.24) is 0 Å². The van der Waals surface area contributed by atoms with E-state index in [1.54, 1.807) is 24.3 Å². The van der Waals surface area contributed by atoms with Gasteiger partial charge >= 0.3 is 0 Å². The predicted octanol–water partition coefficient (Wildman–Crippen LogP) is 4.07. The molecule has 1 aliphatic heterocycles. The maximum atomic E-state index is 12.3. The van der Waals surface area contributed by atoms with Gasteiger partial charge in [-0.3, -0.25) is 0 Å². The molecule has 1 heterocycles. The lowest BCUT2D eigenvalue weighted by molar-refractivity contribution is 0.468. The van der Waals surface area contributed by atoms with Gasteiger partial charge in [0.05, 0.1) is 10.8 Å². The van der Waals surface area contributed by atoms with Crippen LogP contribution in [0, 0.1) is 0 Å². The number of hydrogen-bond donors (Lipinski definition) is 0. The summed E-state index contributed by atoms with van der Waals surface area (Å²) in [5, 5.41) is 0.683. The van der Waals surface area contributed by atoms with Crippen molar-refractivity contribution < 1.29 is 13.2 Å². The number of hydrogen-bond acceptors (Lipinski definition) is 3. The van der Waals surface area contributed by atoms with Crippen molar-refractivity contribution in [3.63, 3.8) is 0 Å². The molecule has 19 heavy (non-hydrogen) atoms. The number of benzene rings is 2. The summed E-state index contributed by atoms with van der Waals surface area (Å²) in [6.07, 6.45) is 0. The van der Waals surface area contributed by atoms with Crippen LogP contribution in [0.25, 0.3) is 0 Å². The van der Waals surface area contributed by atoms with Crippen molar-refractivity contribution in [3.8, 4) is 11.5 Å². The van der Waals surface area contributed by atoms with Crippen LogP contribution in [0.2, 0.25) is 10.0 Å². The zero-order chi connectivity index (χ0) is 13.6. The smallest absolute Gasteiger partial charge is 0.186 e. The molecule has 3 rings (SSSR count). The van der Waals surface area contributed by atoms with Crippen molar-refractivity contribution in [3.05, 3.63) is 52.0 Å². The molecule has 0 saturated heterocycles. The molecule has 0 saturated carbocycles. The Morgan fingerprint density at radius 1 is 1.11 bits per heavy atom. The lowest BCUT2D eigenvalue weighted by Gasteiger charge is -2.09. The zero-order valence-corrected chi connectivity index (χ0v) is 11.9. The van der Waals surface area contributed by atoms with E-state index in [9.17, 15) is 8.42 Å². The van der Waals surface area contributed by atoms with Crippen LogP contribution in [0.1, 0.15) is 5.56 Å². The zero-order valence-electron chi connectivity index (χ0n) is 9.56. The molecule has 0 radical (unpaired) electrons. The van der Waals surface area contributed by atoms with E-state index in [1.165, 1.54) is 12.1 Å². The van der Waals surface area contributed by atoms with Gasteiger partial charge in [-0.1, -0.05) is 35.3 Å². The van der Waals surface area contributed by atoms with Crippen molar-refractivity contribution >= 4 is 33.0 Å². The highest BCUT2D eigenvalue weighted by Crippen LogP contribution is 2.42. The minimum atomic E-state index is -3.47. The van der Waals surface area contributed by atoms with Crippen LogP contribution in [0.4, 0.5) is 0 Å². The molecule has 6 heteroatoms. The minimum absolute atomic E-state index is 0.165. The third-order valence-corrected chi connectivity index (χ3v) is 5.02. The summed E-state index contributed by atoms with van der Waals surface area (Å²) in [5.41, 5.74) is 0.466. The Hall–Kier alpha value is -1.23. The van der Waals surface area contributed by atoms with Crippen LogP contribution in [0.15, 0.2) is 41.3 Å². The quantitative estimate of drug-likeness (QED) is 0.736. The molecule has 0 N–H and O–H groups in total. The molecule has 0 atom stereocenters. The van der Waals surface area contributed by atoms with Gasteiger partial charge in [-0.15, -0.1) is 0 Å². The van der Waals surface area contributed by atoms with Crippen LogP contribution in [0.3, 0.4) is 0 Å². The van der Waals surface area contributed by atoms with Crippen molar-refractivity contribution in [2.75, 3.05) is 0 Å². The maximum absolute atomic E-state index is 12.3. The third kappa shape index (κ3) is 2.20. The van der Waals surface area contributed by atoms with Crippen molar-refractivity contribution in [2.24, 2.45) is 0 Å². The Labute approximate surface area is 120 Å². The topological polar surface area (TPSA) is 43.4 Å². The van der Waals surface area contributed by atoms with Crippen LogP contribution in [0.5, 0.6) is 11.5 Å². The number of rotatable bonds is 0. The lowest BCUT2D eigenvalue weighted by atomic mass is 10.2. The van der Waals surface area contributed by atoms with Gasteiger partial charge in [0.2, 0.25) is 0 Å². The molecular weight excluding hydrogens is 307 g/mol. The Bertz CT molecular complexity index is 769. The standard InChI is InChI=1S/C13H8Cl2O3S/c14-9-5-8-7-19(16,17)12-4-2-1-3-11(12)18-13(8)10(15)6-9/h1-6H,7H2. The van der Waals surface area contributed by atoms with Crippen LogP contribution < -0.4 is 4.74 Å². The van der Waals surface area contributed by atoms with E-state index in [0.29, 0.717) is 21.4 Å². The van der Waals surface area contributed by atoms with E-state index in [4.69, 9.17) is 27.9 Å². The Morgan fingerprint density at radius 3 is 2.63 bits per heavy atom. The van der Waals surface area contributed by atoms with E-state index in [0.717, 1.165) is 0 Å². The Kier molecular flexibility index (Phi) is 2.96. The first-order chi connectivity index (χ1) is 8.97. The lowest BCUT2D eigenvalue weighted by Crippen LogP contribution is -2.03. The molecule has 0 aliphatic carbocycles. The van der Waals surface area contributed by atoms with Gasteiger partial charge in [0.15, 0.2) is 9.84 Å². The van der Waals surface area contributed by atoms with Gasteiger partial charge in [0.1, 0.15) is 16.4 Å². The van der Waals surface area contributed by atoms with Crippen LogP contribution in [-0.2, 0) is 15.6 Å². The highest BCUT2D eigenvalue weighted by Gasteiger charge is 2.28. The van der Waals surface area contributed by atoms with E-state index < -0.39 is 9.84 Å². The molecule has 3 nitrogen and oxygen atoms in total. The minimum Gasteiger partial charge on any atom is -0.454 e. The summed E-state index contributed by atoms with van der Waals surface area (Å²) in [5.74, 6) is 0.449. The second-order valence-electron chi connectivity index (χ2n) is 4.18. The average molecular weight is 315 g/mol. The van der Waals surface area contributed by atoms with Gasteiger partial charge < -0.3 is 4.74 Å². The molecule has 0 aromatic heterocycles. The van der Waals surface area contributed by atoms with Gasteiger partial charge in [-0.25, -0.2) is 8.42 Å². The first-order valence-electron chi connectivity index (χ1n) is 5.45. The fraction of sp³-hybridized carbons (Fsp3) is 0.0769. The number of halogens is 2. The Morgan fingerprint density at radius 2 is 1.84 bits per heavy atom. The first kappa shape index (κ1) is 12.8. The third-order valence-electron chi connectivity index (χ3n) is 2.83. The summed E-state index contributed by atoms with van der Waals surface area (Å²) < 4.78 is 30.3. The molecule has 2 aromatic carbocycles. The van der Waals surface area contributed by atoms with E-state index in [2.05, 4.69) is 0 Å². The predicted molar refractivity (Wildman–Crippen MR) is 73.9 cm³/mol. The van der Waals surface area contributed by atoms with Crippen molar-refractivity contribution in [1.29, 1.82) is 0 Å². The monoisotopic (exact) mass is 314 g/mol. The van der Waals surface area contributed by atoms with Crippen molar-refractivity contribution in [2.45, 2.75) is 10.6 Å². The second kappa shape index (κ2) is 4.40. The van der Waals surface area contributed by atoms with Gasteiger partial charge in [-0.2, -0.15) is 0 Å². The first-order valence-corrected chi connectivity index (χ1v) is 7.86. The van der Waals surface area contributed by atoms with E-state index in [-0.39, 0.29) is 16.4 Å². The normalized spacial score (nSPS) is 15.9. The highest BCUT2D eigenvalue weighted by atomic mass is 35.5. The summed E-state index contributed by atoms with van der Waals surface area (Å²) in [6, 6.07) is 9.58. The number of para-hydroxylation sites is 1. The fourth-order valence-corrected chi connectivity index (χ4v) is 4.07. The van der Waals surface area contributed by atoms with Crippen LogP contribution >= 0.6 is 23.2 Å². The number of fused-ring (bicyclic) bond motifs is 2. The van der Waals surface area contributed by atoms with E-state index in [1.807, 2.05) is 0 Å². The largest absolute Gasteiger partial charge is 0.454 e. The molecule has 0 amide bonds. The van der Waals surface area contributed by atoms with Gasteiger partial charge in [0.25, 0.3) is 0 Å². The molecular formula is C13H8Cl2O3S. The molecule has 0 bridgehead atoms. The second-order valence-corrected chi connectivity index (χ2v) is 6.99. The fourth-order valence-electron chi connectivity index (χ4n) is 2.02. The SMILES string of the molecule is O=S1(=O)Cc2cc(Cl)cc(Cl)c2Oc2ccccc21. The summed E-state index contributed by atoms with van der Waals surface area (Å²) in [4.78, 5) is 0.165.